The van der Waals surface area contributed by atoms with Crippen LogP contribution in [-0.2, 0) is 19.1 Å². The van der Waals surface area contributed by atoms with Gasteiger partial charge in [-0.1, -0.05) is 102 Å². The Kier molecular flexibility index (Phi) is 7.96. The predicted octanol–water partition coefficient (Wildman–Crippen LogP) is 7.18. The molecule has 0 aromatic heterocycles. The molecule has 0 spiro atoms. The van der Waals surface area contributed by atoms with Crippen LogP contribution in [0.1, 0.15) is 35.3 Å². The monoisotopic (exact) mass is 601 g/mol. The van der Waals surface area contributed by atoms with Gasteiger partial charge in [-0.2, -0.15) is 0 Å². The first kappa shape index (κ1) is 28.9. The van der Waals surface area contributed by atoms with Crippen molar-refractivity contribution in [1.82, 2.24) is 0 Å². The number of esters is 2. The molecule has 3 aromatic carbocycles. The Morgan fingerprint density at radius 2 is 1.34 bits per heavy atom. The minimum absolute atomic E-state index is 0.150. The number of nitrogens with zero attached hydrogens (tertiary/aromatic N) is 1. The van der Waals surface area contributed by atoms with Gasteiger partial charge in [-0.25, -0.2) is 9.59 Å². The van der Waals surface area contributed by atoms with Crippen LogP contribution in [0, 0.1) is 6.92 Å². The van der Waals surface area contributed by atoms with Gasteiger partial charge >= 0.3 is 11.9 Å². The molecule has 5 rings (SSSR count). The van der Waals surface area contributed by atoms with Crippen LogP contribution in [-0.4, -0.2) is 42.5 Å². The third-order valence-corrected chi connectivity index (χ3v) is 10.3. The fourth-order valence-electron chi connectivity index (χ4n) is 5.04. The van der Waals surface area contributed by atoms with Crippen LogP contribution < -0.4 is 4.90 Å². The van der Waals surface area contributed by atoms with E-state index in [-0.39, 0.29) is 15.7 Å². The molecule has 0 saturated carbocycles. The van der Waals surface area contributed by atoms with Crippen LogP contribution in [0.5, 0.6) is 0 Å². The van der Waals surface area contributed by atoms with E-state index in [4.69, 9.17) is 21.7 Å². The maximum absolute atomic E-state index is 14.6. The molecule has 2 aliphatic rings. The summed E-state index contributed by atoms with van der Waals surface area (Å²) in [6, 6.07) is 23.2. The number of carbonyl (C=O) groups excluding carboxylic acids is 3. The van der Waals surface area contributed by atoms with Crippen LogP contribution in [0.3, 0.4) is 0 Å². The molecule has 1 amide bonds. The van der Waals surface area contributed by atoms with E-state index in [1.807, 2.05) is 93.6 Å². The predicted molar refractivity (Wildman–Crippen MR) is 170 cm³/mol. The Bertz CT molecular complexity index is 1640. The summed E-state index contributed by atoms with van der Waals surface area (Å²) in [6.07, 6.45) is 0. The lowest BCUT2D eigenvalue weighted by Crippen LogP contribution is -2.56. The lowest BCUT2D eigenvalue weighted by molar-refractivity contribution is -0.138. The van der Waals surface area contributed by atoms with Gasteiger partial charge in [-0.3, -0.25) is 9.69 Å². The number of hydrogen-bond donors (Lipinski definition) is 0. The number of carbonyl (C=O) groups is 3. The van der Waals surface area contributed by atoms with Crippen molar-refractivity contribution in [3.8, 4) is 11.1 Å². The topological polar surface area (TPSA) is 72.9 Å². The largest absolute Gasteiger partial charge is 0.465 e. The molecular formula is C32H27NO5S3. The smallest absolute Gasteiger partial charge is 0.346 e. The van der Waals surface area contributed by atoms with E-state index in [0.29, 0.717) is 20.2 Å². The average molecular weight is 602 g/mol. The summed E-state index contributed by atoms with van der Waals surface area (Å²) in [5.41, 5.74) is 4.49. The number of para-hydroxylation sites is 1. The molecule has 0 unspecified atom stereocenters. The van der Waals surface area contributed by atoms with Crippen molar-refractivity contribution in [2.24, 2.45) is 0 Å². The number of amides is 1. The lowest BCUT2D eigenvalue weighted by atomic mass is 9.81. The maximum Gasteiger partial charge on any atom is 0.346 e. The van der Waals surface area contributed by atoms with Crippen LogP contribution in [0.25, 0.3) is 16.7 Å². The molecule has 0 radical (unpaired) electrons. The van der Waals surface area contributed by atoms with Crippen LogP contribution in [0.4, 0.5) is 5.69 Å². The quantitative estimate of drug-likeness (QED) is 0.177. The molecule has 0 saturated heterocycles. The highest BCUT2D eigenvalue weighted by Crippen LogP contribution is 2.56. The first-order valence-corrected chi connectivity index (χ1v) is 14.8. The van der Waals surface area contributed by atoms with Gasteiger partial charge in [0, 0.05) is 16.7 Å². The zero-order valence-corrected chi connectivity index (χ0v) is 25.6. The number of benzene rings is 3. The fraction of sp³-hybridized carbons (Fsp3) is 0.188. The highest BCUT2D eigenvalue weighted by molar-refractivity contribution is 8.29. The number of thiocarbonyl (C=S) groups is 1. The Morgan fingerprint density at radius 3 is 1.95 bits per heavy atom. The zero-order valence-electron chi connectivity index (χ0n) is 23.1. The molecule has 0 N–H and O–H groups in total. The zero-order chi connectivity index (χ0) is 29.5. The van der Waals surface area contributed by atoms with E-state index < -0.39 is 17.5 Å². The summed E-state index contributed by atoms with van der Waals surface area (Å²) in [5.74, 6) is -1.43. The van der Waals surface area contributed by atoms with Crippen molar-refractivity contribution in [2.45, 2.75) is 26.3 Å². The number of ether oxygens (including phenoxy) is 2. The van der Waals surface area contributed by atoms with Crippen molar-refractivity contribution in [3.05, 3.63) is 104 Å². The summed E-state index contributed by atoms with van der Waals surface area (Å²) < 4.78 is 10.6. The van der Waals surface area contributed by atoms with E-state index >= 15 is 0 Å². The molecule has 6 nitrogen and oxygen atoms in total. The average Bonchev–Trinajstić information content (AvgIpc) is 3.42. The van der Waals surface area contributed by atoms with E-state index in [1.165, 1.54) is 14.2 Å². The SMILES string of the molecule is COC(=O)C1=C(C(=O)OC)SC(=C2C(=S)C(C)(C)N(C(=O)c3ccccc3-c3ccccc3)c3c(C)cccc32)S1. The Balaban J connectivity index is 1.70. The summed E-state index contributed by atoms with van der Waals surface area (Å²) in [4.78, 5) is 42.4. The van der Waals surface area contributed by atoms with Crippen LogP contribution in [0.15, 0.2) is 86.8 Å². The Hall–Kier alpha value is -3.66. The molecule has 208 valence electrons. The maximum atomic E-state index is 14.6. The molecule has 2 aliphatic heterocycles. The number of methoxy groups -OCH3 is 2. The second kappa shape index (κ2) is 11.3. The summed E-state index contributed by atoms with van der Waals surface area (Å²) in [5, 5.41) is 0. The minimum Gasteiger partial charge on any atom is -0.465 e. The fourth-order valence-corrected chi connectivity index (χ4v) is 8.07. The highest BCUT2D eigenvalue weighted by Gasteiger charge is 2.47. The van der Waals surface area contributed by atoms with Gasteiger partial charge in [0.1, 0.15) is 9.81 Å². The summed E-state index contributed by atoms with van der Waals surface area (Å²) >= 11 is 8.40. The van der Waals surface area contributed by atoms with Crippen molar-refractivity contribution < 1.29 is 23.9 Å². The molecule has 2 heterocycles. The van der Waals surface area contributed by atoms with Gasteiger partial charge < -0.3 is 9.47 Å². The Morgan fingerprint density at radius 1 is 0.780 bits per heavy atom. The van der Waals surface area contributed by atoms with Crippen molar-refractivity contribution >= 4 is 69.7 Å². The van der Waals surface area contributed by atoms with Crippen LogP contribution >= 0.6 is 35.7 Å². The summed E-state index contributed by atoms with van der Waals surface area (Å²) in [6.45, 7) is 5.81. The molecular weight excluding hydrogens is 575 g/mol. The van der Waals surface area contributed by atoms with Crippen molar-refractivity contribution in [2.75, 3.05) is 19.1 Å². The highest BCUT2D eigenvalue weighted by atomic mass is 32.2. The standard InChI is InChI=1S/C32H27NO5S3/c1-18-12-11-17-22-23(31-40-25(29(35)37-4)26(41-31)30(36)38-5)27(39)32(2,3)33(24(18)22)28(34)21-16-10-9-15-20(21)19-13-7-6-8-14-19/h6-17H,1-5H3. The van der Waals surface area contributed by atoms with Gasteiger partial charge in [-0.05, 0) is 43.5 Å². The van der Waals surface area contributed by atoms with E-state index in [9.17, 15) is 14.4 Å². The summed E-state index contributed by atoms with van der Waals surface area (Å²) in [7, 11) is 2.54. The van der Waals surface area contributed by atoms with Crippen molar-refractivity contribution in [3.63, 3.8) is 0 Å². The number of rotatable bonds is 4. The van der Waals surface area contributed by atoms with E-state index in [2.05, 4.69) is 0 Å². The van der Waals surface area contributed by atoms with Gasteiger partial charge in [0.25, 0.3) is 5.91 Å². The number of fused-ring (bicyclic) bond motifs is 1. The number of thioether (sulfide) groups is 2. The lowest BCUT2D eigenvalue weighted by Gasteiger charge is -2.46. The van der Waals surface area contributed by atoms with E-state index in [1.54, 1.807) is 4.90 Å². The van der Waals surface area contributed by atoms with E-state index in [0.717, 1.165) is 51.5 Å². The molecule has 3 aromatic rings. The molecule has 0 atom stereocenters. The second-order valence-corrected chi connectivity index (χ2v) is 12.6. The first-order chi connectivity index (χ1) is 19.6. The molecule has 41 heavy (non-hydrogen) atoms. The second-order valence-electron chi connectivity index (χ2n) is 9.92. The van der Waals surface area contributed by atoms with Crippen LogP contribution in [0.2, 0.25) is 0 Å². The molecule has 0 aliphatic carbocycles. The van der Waals surface area contributed by atoms with Gasteiger partial charge in [-0.15, -0.1) is 0 Å². The third-order valence-electron chi connectivity index (χ3n) is 7.06. The van der Waals surface area contributed by atoms with Gasteiger partial charge in [0.05, 0.1) is 34.5 Å². The third kappa shape index (κ3) is 4.92. The Labute approximate surface area is 252 Å². The first-order valence-electron chi connectivity index (χ1n) is 12.8. The molecule has 0 bridgehead atoms. The number of aryl methyl sites for hydroxylation is 1. The van der Waals surface area contributed by atoms with Gasteiger partial charge in [0.2, 0.25) is 0 Å². The number of anilines is 1. The van der Waals surface area contributed by atoms with Gasteiger partial charge in [0.15, 0.2) is 0 Å². The van der Waals surface area contributed by atoms with Crippen molar-refractivity contribution in [1.29, 1.82) is 0 Å². The minimum atomic E-state index is -0.932. The number of hydrogen-bond acceptors (Lipinski definition) is 8. The normalized spacial score (nSPS) is 16.0. The molecule has 9 heteroatoms. The molecule has 0 fully saturated rings.